The number of carbonyl (C=O) groups excluding carboxylic acids is 4. The number of anilines is 1. The number of fused-ring (bicyclic) bond motifs is 7. The molecule has 8 heteroatoms. The third-order valence-electron chi connectivity index (χ3n) is 6.37. The summed E-state index contributed by atoms with van der Waals surface area (Å²) in [4.78, 5) is 53.8. The van der Waals surface area contributed by atoms with E-state index in [1.54, 1.807) is 39.9 Å². The Kier molecular flexibility index (Phi) is 5.20. The Balaban J connectivity index is 1.71. The molecule has 2 N–H and O–H groups in total. The summed E-state index contributed by atoms with van der Waals surface area (Å²) in [5.74, 6) is -1.24. The topological polar surface area (TPSA) is 101 Å². The molecular weight excluding hydrogens is 420 g/mol. The van der Waals surface area contributed by atoms with E-state index in [1.807, 2.05) is 24.3 Å². The highest BCUT2D eigenvalue weighted by molar-refractivity contribution is 6.09. The third kappa shape index (κ3) is 3.67. The zero-order valence-electron chi connectivity index (χ0n) is 18.2. The van der Waals surface area contributed by atoms with Crippen LogP contribution >= 0.6 is 0 Å². The predicted octanol–water partition coefficient (Wildman–Crippen LogP) is 2.32. The van der Waals surface area contributed by atoms with Gasteiger partial charge in [-0.2, -0.15) is 0 Å². The van der Waals surface area contributed by atoms with Gasteiger partial charge in [0.15, 0.2) is 0 Å². The van der Waals surface area contributed by atoms with Crippen LogP contribution in [-0.2, 0) is 20.8 Å². The Labute approximate surface area is 190 Å². The van der Waals surface area contributed by atoms with E-state index in [2.05, 4.69) is 10.6 Å². The molecular formula is C25H24N4O4. The van der Waals surface area contributed by atoms with Gasteiger partial charge in [0.1, 0.15) is 12.1 Å². The van der Waals surface area contributed by atoms with E-state index < -0.39 is 12.1 Å². The smallest absolute Gasteiger partial charge is 0.264 e. The summed E-state index contributed by atoms with van der Waals surface area (Å²) < 4.78 is 1.55. The zero-order valence-corrected chi connectivity index (χ0v) is 18.2. The number of nitrogens with one attached hydrogen (secondary N) is 2. The van der Waals surface area contributed by atoms with Gasteiger partial charge in [-0.05, 0) is 36.6 Å². The summed E-state index contributed by atoms with van der Waals surface area (Å²) in [6.45, 7) is 1.81. The number of hydrogen-bond acceptors (Lipinski definition) is 4. The van der Waals surface area contributed by atoms with Crippen molar-refractivity contribution < 1.29 is 19.2 Å². The van der Waals surface area contributed by atoms with Crippen LogP contribution in [0.1, 0.15) is 35.7 Å². The average Bonchev–Trinajstić information content (AvgIpc) is 3.43. The molecule has 0 saturated carbocycles. The van der Waals surface area contributed by atoms with Crippen molar-refractivity contribution in [3.8, 4) is 0 Å². The molecule has 33 heavy (non-hydrogen) atoms. The molecule has 2 aliphatic rings. The predicted molar refractivity (Wildman–Crippen MR) is 123 cm³/mol. The van der Waals surface area contributed by atoms with Crippen molar-refractivity contribution in [3.63, 3.8) is 0 Å². The first-order valence-corrected chi connectivity index (χ1v) is 11.0. The van der Waals surface area contributed by atoms with Gasteiger partial charge < -0.3 is 15.5 Å². The molecule has 1 fully saturated rings. The maximum absolute atomic E-state index is 13.6. The summed E-state index contributed by atoms with van der Waals surface area (Å²) in [6.07, 6.45) is 3.16. The number of nitrogens with zero attached hydrogens (tertiary/aromatic N) is 2. The Morgan fingerprint density at radius 3 is 2.64 bits per heavy atom. The lowest BCUT2D eigenvalue weighted by Crippen LogP contribution is -2.53. The molecule has 3 heterocycles. The number of para-hydroxylation sites is 2. The van der Waals surface area contributed by atoms with E-state index in [9.17, 15) is 19.2 Å². The molecule has 5 rings (SSSR count). The summed E-state index contributed by atoms with van der Waals surface area (Å²) in [6, 6.07) is 12.9. The first-order valence-electron chi connectivity index (χ1n) is 11.0. The molecule has 2 aromatic carbocycles. The lowest BCUT2D eigenvalue weighted by molar-refractivity contribution is -0.139. The van der Waals surface area contributed by atoms with Gasteiger partial charge >= 0.3 is 0 Å². The fourth-order valence-electron chi connectivity index (χ4n) is 4.87. The lowest BCUT2D eigenvalue weighted by Gasteiger charge is -2.28. The van der Waals surface area contributed by atoms with Crippen LogP contribution in [-0.4, -0.2) is 51.7 Å². The van der Waals surface area contributed by atoms with Crippen LogP contribution in [0.25, 0.3) is 10.9 Å². The van der Waals surface area contributed by atoms with E-state index >= 15 is 0 Å². The van der Waals surface area contributed by atoms with Gasteiger partial charge in [0.2, 0.25) is 17.7 Å². The van der Waals surface area contributed by atoms with Crippen LogP contribution in [0.3, 0.4) is 0 Å². The Morgan fingerprint density at radius 2 is 1.82 bits per heavy atom. The van der Waals surface area contributed by atoms with Crippen LogP contribution in [0.15, 0.2) is 54.7 Å². The number of aromatic nitrogens is 1. The average molecular weight is 444 g/mol. The second kappa shape index (κ2) is 8.20. The van der Waals surface area contributed by atoms with Crippen molar-refractivity contribution in [2.45, 2.75) is 38.3 Å². The van der Waals surface area contributed by atoms with Crippen molar-refractivity contribution in [1.82, 2.24) is 14.8 Å². The second-order valence-electron chi connectivity index (χ2n) is 8.53. The van der Waals surface area contributed by atoms with Crippen molar-refractivity contribution in [2.75, 3.05) is 11.9 Å². The Hall–Kier alpha value is -3.94. The SMILES string of the molecule is CC(=O)NC1Cc2cn(c3ccccc23)C(=O)c2ccccc2NC(=O)[C@@H]2CCCN2C1=O. The molecule has 3 amide bonds. The summed E-state index contributed by atoms with van der Waals surface area (Å²) in [5, 5.41) is 6.47. The summed E-state index contributed by atoms with van der Waals surface area (Å²) in [7, 11) is 0. The van der Waals surface area contributed by atoms with Crippen LogP contribution in [0.4, 0.5) is 5.69 Å². The largest absolute Gasteiger partial charge is 0.344 e. The maximum atomic E-state index is 13.6. The minimum absolute atomic E-state index is 0.214. The third-order valence-corrected chi connectivity index (χ3v) is 6.37. The molecule has 1 aromatic heterocycles. The Morgan fingerprint density at radius 1 is 1.06 bits per heavy atom. The highest BCUT2D eigenvalue weighted by Gasteiger charge is 2.38. The van der Waals surface area contributed by atoms with Gasteiger partial charge in [-0.3, -0.25) is 23.7 Å². The van der Waals surface area contributed by atoms with Gasteiger partial charge in [0, 0.05) is 31.5 Å². The molecule has 168 valence electrons. The molecule has 2 atom stereocenters. The van der Waals surface area contributed by atoms with Crippen LogP contribution < -0.4 is 10.6 Å². The quantitative estimate of drug-likeness (QED) is 0.602. The number of amides is 3. The molecule has 2 aliphatic heterocycles. The minimum atomic E-state index is -0.839. The highest BCUT2D eigenvalue weighted by atomic mass is 16.2. The van der Waals surface area contributed by atoms with Crippen LogP contribution in [0, 0.1) is 0 Å². The van der Waals surface area contributed by atoms with E-state index in [0.717, 1.165) is 10.9 Å². The van der Waals surface area contributed by atoms with Crippen molar-refractivity contribution in [1.29, 1.82) is 0 Å². The maximum Gasteiger partial charge on any atom is 0.264 e. The van der Waals surface area contributed by atoms with Gasteiger partial charge in [-0.15, -0.1) is 0 Å². The second-order valence-corrected chi connectivity index (χ2v) is 8.53. The normalized spacial score (nSPS) is 20.9. The van der Waals surface area contributed by atoms with Crippen LogP contribution in [0.2, 0.25) is 0 Å². The van der Waals surface area contributed by atoms with E-state index in [0.29, 0.717) is 36.2 Å². The van der Waals surface area contributed by atoms with Gasteiger partial charge in [0.05, 0.1) is 16.8 Å². The number of benzene rings is 2. The van der Waals surface area contributed by atoms with E-state index in [1.165, 1.54) is 6.92 Å². The first kappa shape index (κ1) is 20.9. The van der Waals surface area contributed by atoms with Crippen molar-refractivity contribution in [2.24, 2.45) is 0 Å². The van der Waals surface area contributed by atoms with Gasteiger partial charge in [-0.25, -0.2) is 0 Å². The Bertz CT molecular complexity index is 1290. The van der Waals surface area contributed by atoms with Crippen molar-refractivity contribution >= 4 is 40.2 Å². The number of hydrogen-bond donors (Lipinski definition) is 2. The monoisotopic (exact) mass is 444 g/mol. The van der Waals surface area contributed by atoms with Gasteiger partial charge in [-0.1, -0.05) is 30.3 Å². The van der Waals surface area contributed by atoms with Crippen LogP contribution in [0.5, 0.6) is 0 Å². The van der Waals surface area contributed by atoms with Gasteiger partial charge in [0.25, 0.3) is 5.91 Å². The molecule has 2 bridgehead atoms. The zero-order chi connectivity index (χ0) is 23.1. The number of carbonyl (C=O) groups is 4. The first-order chi connectivity index (χ1) is 15.9. The molecule has 8 nitrogen and oxygen atoms in total. The van der Waals surface area contributed by atoms with E-state index in [4.69, 9.17) is 0 Å². The fourth-order valence-corrected chi connectivity index (χ4v) is 4.87. The van der Waals surface area contributed by atoms with E-state index in [-0.39, 0.29) is 30.0 Å². The number of rotatable bonds is 1. The molecule has 1 unspecified atom stereocenters. The summed E-state index contributed by atoms with van der Waals surface area (Å²) >= 11 is 0. The minimum Gasteiger partial charge on any atom is -0.344 e. The standard InChI is InChI=1S/C25H24N4O4/c1-15(30)26-20-13-16-14-29(21-10-5-3-7-17(16)21)24(32)18-8-2-4-9-19(18)27-23(31)22-11-6-12-28(22)25(20)33/h2-5,7-10,14,20,22H,6,11-13H2,1H3,(H,26,30)(H,27,31)/t20?,22-/m0/s1. The molecule has 0 spiro atoms. The summed E-state index contributed by atoms with van der Waals surface area (Å²) in [5.41, 5.74) is 2.25. The molecule has 1 saturated heterocycles. The van der Waals surface area contributed by atoms with Crippen molar-refractivity contribution in [3.05, 3.63) is 65.9 Å². The molecule has 3 aromatic rings. The molecule has 0 aliphatic carbocycles. The highest BCUT2D eigenvalue weighted by Crippen LogP contribution is 2.28. The lowest BCUT2D eigenvalue weighted by atomic mass is 10.0. The fraction of sp³-hybridized carbons (Fsp3) is 0.280. The molecule has 0 radical (unpaired) electrons.